The molecule has 0 aliphatic carbocycles. The van der Waals surface area contributed by atoms with Crippen molar-refractivity contribution in [1.82, 2.24) is 4.72 Å². The molecule has 0 bridgehead atoms. The maximum Gasteiger partial charge on any atom is 0.242 e. The van der Waals surface area contributed by atoms with Gasteiger partial charge in [-0.25, -0.2) is 8.42 Å². The molecule has 7 nitrogen and oxygen atoms in total. The largest absolute Gasteiger partial charge is 0.326 e. The van der Waals surface area contributed by atoms with Crippen molar-refractivity contribution in [3.63, 3.8) is 0 Å². The summed E-state index contributed by atoms with van der Waals surface area (Å²) in [5, 5.41) is 5.53. The maximum absolute atomic E-state index is 13.0. The minimum atomic E-state index is -3.92. The van der Waals surface area contributed by atoms with E-state index in [1.54, 1.807) is 50.2 Å². The standard InChI is InChI=1S/C21H25N3O4S/c1-14(2)20(21(26)22-16-8-4-3-5-9-16)24-29(27,28)17-11-12-18-15(13-17)7-6-10-19(25)23-18/h3-5,8-9,11-14,20,24H,6-7,10H2,1-2H3,(H,22,26)(H,23,25). The highest BCUT2D eigenvalue weighted by Gasteiger charge is 2.29. The Kier molecular flexibility index (Phi) is 6.34. The van der Waals surface area contributed by atoms with Crippen LogP contribution in [0.5, 0.6) is 0 Å². The third-order valence-electron chi connectivity index (χ3n) is 4.78. The normalized spacial score (nSPS) is 15.2. The van der Waals surface area contributed by atoms with Crippen LogP contribution in [0.1, 0.15) is 32.3 Å². The molecular weight excluding hydrogens is 390 g/mol. The number of hydrogen-bond acceptors (Lipinski definition) is 4. The van der Waals surface area contributed by atoms with Crippen molar-refractivity contribution in [2.45, 2.75) is 44.0 Å². The molecule has 1 aliphatic rings. The Labute approximate surface area is 171 Å². The fraction of sp³-hybridized carbons (Fsp3) is 0.333. The van der Waals surface area contributed by atoms with E-state index in [0.717, 1.165) is 5.56 Å². The summed E-state index contributed by atoms with van der Waals surface area (Å²) in [6, 6.07) is 12.6. The highest BCUT2D eigenvalue weighted by Crippen LogP contribution is 2.25. The van der Waals surface area contributed by atoms with E-state index >= 15 is 0 Å². The van der Waals surface area contributed by atoms with Crippen LogP contribution in [-0.2, 0) is 26.0 Å². The van der Waals surface area contributed by atoms with Crippen molar-refractivity contribution in [1.29, 1.82) is 0 Å². The molecule has 1 aliphatic heterocycles. The van der Waals surface area contributed by atoms with E-state index in [4.69, 9.17) is 0 Å². The van der Waals surface area contributed by atoms with Crippen LogP contribution in [0.2, 0.25) is 0 Å². The second-order valence-corrected chi connectivity index (χ2v) is 9.13. The molecule has 0 spiro atoms. The lowest BCUT2D eigenvalue weighted by molar-refractivity contribution is -0.118. The van der Waals surface area contributed by atoms with Crippen molar-refractivity contribution >= 4 is 33.2 Å². The van der Waals surface area contributed by atoms with Gasteiger partial charge in [0.2, 0.25) is 21.8 Å². The van der Waals surface area contributed by atoms with Gasteiger partial charge in [0.25, 0.3) is 0 Å². The first-order valence-corrected chi connectivity index (χ1v) is 11.1. The van der Waals surface area contributed by atoms with Crippen LogP contribution in [0.25, 0.3) is 0 Å². The fourth-order valence-electron chi connectivity index (χ4n) is 3.19. The van der Waals surface area contributed by atoms with Gasteiger partial charge in [-0.05, 0) is 54.7 Å². The third kappa shape index (κ3) is 5.21. The first-order chi connectivity index (χ1) is 13.8. The molecule has 154 valence electrons. The molecule has 2 aromatic carbocycles. The van der Waals surface area contributed by atoms with Gasteiger partial charge in [0, 0.05) is 17.8 Å². The summed E-state index contributed by atoms with van der Waals surface area (Å²) in [6.45, 7) is 3.56. The van der Waals surface area contributed by atoms with E-state index in [2.05, 4.69) is 15.4 Å². The number of anilines is 2. The van der Waals surface area contributed by atoms with Gasteiger partial charge >= 0.3 is 0 Å². The zero-order chi connectivity index (χ0) is 21.0. The van der Waals surface area contributed by atoms with Crippen LogP contribution in [0.4, 0.5) is 11.4 Å². The predicted molar refractivity (Wildman–Crippen MR) is 112 cm³/mol. The van der Waals surface area contributed by atoms with Crippen LogP contribution >= 0.6 is 0 Å². The first-order valence-electron chi connectivity index (χ1n) is 9.57. The molecule has 0 saturated carbocycles. The average Bonchev–Trinajstić information content (AvgIpc) is 2.86. The molecule has 2 aromatic rings. The fourth-order valence-corrected chi connectivity index (χ4v) is 4.58. The van der Waals surface area contributed by atoms with Gasteiger partial charge in [-0.3, -0.25) is 9.59 Å². The molecule has 3 N–H and O–H groups in total. The Morgan fingerprint density at radius 2 is 1.79 bits per heavy atom. The molecule has 3 rings (SSSR count). The Balaban J connectivity index is 1.81. The number of benzene rings is 2. The summed E-state index contributed by atoms with van der Waals surface area (Å²) < 4.78 is 28.5. The third-order valence-corrected chi connectivity index (χ3v) is 6.22. The quantitative estimate of drug-likeness (QED) is 0.675. The van der Waals surface area contributed by atoms with Crippen LogP contribution in [0.15, 0.2) is 53.4 Å². The highest BCUT2D eigenvalue weighted by atomic mass is 32.2. The molecule has 0 saturated heterocycles. The lowest BCUT2D eigenvalue weighted by Crippen LogP contribution is -2.47. The number of carbonyl (C=O) groups excluding carboxylic acids is 2. The lowest BCUT2D eigenvalue weighted by atomic mass is 10.0. The van der Waals surface area contributed by atoms with Gasteiger partial charge in [-0.1, -0.05) is 32.0 Å². The summed E-state index contributed by atoms with van der Waals surface area (Å²) >= 11 is 0. The zero-order valence-electron chi connectivity index (χ0n) is 16.4. The van der Waals surface area contributed by atoms with Crippen molar-refractivity contribution in [2.24, 2.45) is 5.92 Å². The maximum atomic E-state index is 13.0. The summed E-state index contributed by atoms with van der Waals surface area (Å²) in [7, 11) is -3.92. The number of para-hydroxylation sites is 1. The van der Waals surface area contributed by atoms with E-state index < -0.39 is 22.0 Å². The van der Waals surface area contributed by atoms with Crippen molar-refractivity contribution in [3.05, 3.63) is 54.1 Å². The van der Waals surface area contributed by atoms with Gasteiger partial charge in [-0.2, -0.15) is 4.72 Å². The molecule has 2 amide bonds. The number of fused-ring (bicyclic) bond motifs is 1. The summed E-state index contributed by atoms with van der Waals surface area (Å²) in [5.41, 5.74) is 2.00. The summed E-state index contributed by atoms with van der Waals surface area (Å²) in [4.78, 5) is 24.5. The number of carbonyl (C=O) groups is 2. The average molecular weight is 416 g/mol. The number of hydrogen-bond donors (Lipinski definition) is 3. The van der Waals surface area contributed by atoms with E-state index in [1.165, 1.54) is 6.07 Å². The minimum absolute atomic E-state index is 0.0741. The van der Waals surface area contributed by atoms with E-state index in [-0.39, 0.29) is 16.7 Å². The number of sulfonamides is 1. The van der Waals surface area contributed by atoms with Crippen molar-refractivity contribution in [2.75, 3.05) is 10.6 Å². The molecular formula is C21H25N3O4S. The Hall–Kier alpha value is -2.71. The molecule has 8 heteroatoms. The molecule has 1 heterocycles. The second kappa shape index (κ2) is 8.75. The van der Waals surface area contributed by atoms with Crippen LogP contribution in [0, 0.1) is 5.92 Å². The van der Waals surface area contributed by atoms with Crippen LogP contribution in [-0.4, -0.2) is 26.3 Å². The van der Waals surface area contributed by atoms with Crippen LogP contribution < -0.4 is 15.4 Å². The van der Waals surface area contributed by atoms with E-state index in [0.29, 0.717) is 30.6 Å². The van der Waals surface area contributed by atoms with Gasteiger partial charge < -0.3 is 10.6 Å². The second-order valence-electron chi connectivity index (χ2n) is 7.42. The molecule has 29 heavy (non-hydrogen) atoms. The van der Waals surface area contributed by atoms with Gasteiger partial charge in [-0.15, -0.1) is 0 Å². The Morgan fingerprint density at radius 3 is 2.48 bits per heavy atom. The van der Waals surface area contributed by atoms with Crippen molar-refractivity contribution in [3.8, 4) is 0 Å². The zero-order valence-corrected chi connectivity index (χ0v) is 17.3. The molecule has 1 atom stereocenters. The Bertz CT molecular complexity index is 1000. The smallest absolute Gasteiger partial charge is 0.242 e. The minimum Gasteiger partial charge on any atom is -0.326 e. The highest BCUT2D eigenvalue weighted by molar-refractivity contribution is 7.89. The SMILES string of the molecule is CC(C)C(NS(=O)(=O)c1ccc2c(c1)CCCC(=O)N2)C(=O)Nc1ccccc1. The molecule has 0 fully saturated rings. The molecule has 0 aromatic heterocycles. The molecule has 0 radical (unpaired) electrons. The molecule has 1 unspecified atom stereocenters. The first kappa shape index (κ1) is 21.0. The summed E-state index contributed by atoms with van der Waals surface area (Å²) in [6.07, 6.45) is 1.67. The monoisotopic (exact) mass is 415 g/mol. The van der Waals surface area contributed by atoms with Gasteiger partial charge in [0.05, 0.1) is 4.90 Å². The van der Waals surface area contributed by atoms with E-state index in [9.17, 15) is 18.0 Å². The lowest BCUT2D eigenvalue weighted by Gasteiger charge is -2.22. The number of nitrogens with one attached hydrogen (secondary N) is 3. The van der Waals surface area contributed by atoms with Crippen molar-refractivity contribution < 1.29 is 18.0 Å². The van der Waals surface area contributed by atoms with Gasteiger partial charge in [0.1, 0.15) is 6.04 Å². The summed E-state index contributed by atoms with van der Waals surface area (Å²) in [5.74, 6) is -0.750. The van der Waals surface area contributed by atoms with Crippen LogP contribution in [0.3, 0.4) is 0 Å². The number of amides is 2. The topological polar surface area (TPSA) is 104 Å². The number of aryl methyl sites for hydroxylation is 1. The predicted octanol–water partition coefficient (Wildman–Crippen LogP) is 2.90. The van der Waals surface area contributed by atoms with Gasteiger partial charge in [0.15, 0.2) is 0 Å². The Morgan fingerprint density at radius 1 is 1.07 bits per heavy atom. The number of rotatable bonds is 6. The van der Waals surface area contributed by atoms with E-state index in [1.807, 2.05) is 6.07 Å².